The maximum Gasteiger partial charge on any atom is 0.183 e. The molecule has 4 heteroatoms. The number of piperidine rings is 1. The predicted molar refractivity (Wildman–Crippen MR) is 107 cm³/mol. The topological polar surface area (TPSA) is 28.2 Å². The van der Waals surface area contributed by atoms with Gasteiger partial charge >= 0.3 is 0 Å². The molecular formula is C21H29N3S. The second kappa shape index (κ2) is 7.88. The number of hydrogen-bond donors (Lipinski definition) is 1. The van der Waals surface area contributed by atoms with Gasteiger partial charge in [-0.3, -0.25) is 4.90 Å². The highest BCUT2D eigenvalue weighted by Crippen LogP contribution is 2.38. The Labute approximate surface area is 155 Å². The van der Waals surface area contributed by atoms with Crippen LogP contribution in [0.15, 0.2) is 30.3 Å². The largest absolute Gasteiger partial charge is 0.361 e. The lowest BCUT2D eigenvalue weighted by Crippen LogP contribution is -2.49. The number of nitrogens with one attached hydrogen (secondary N) is 1. The normalized spacial score (nSPS) is 23.1. The number of nitrogens with zero attached hydrogens (tertiary/aromatic N) is 2. The van der Waals surface area contributed by atoms with Crippen molar-refractivity contribution in [3.63, 3.8) is 0 Å². The van der Waals surface area contributed by atoms with E-state index in [1.54, 1.807) is 0 Å². The molecule has 2 aromatic rings. The van der Waals surface area contributed by atoms with Crippen LogP contribution in [0.5, 0.6) is 0 Å². The van der Waals surface area contributed by atoms with Crippen LogP contribution in [-0.2, 0) is 19.3 Å². The smallest absolute Gasteiger partial charge is 0.183 e. The Hall–Kier alpha value is -1.39. The van der Waals surface area contributed by atoms with Crippen molar-refractivity contribution in [1.29, 1.82) is 0 Å². The fraction of sp³-hybridized carbons (Fsp3) is 0.571. The van der Waals surface area contributed by atoms with Gasteiger partial charge in [0.15, 0.2) is 5.13 Å². The summed E-state index contributed by atoms with van der Waals surface area (Å²) in [6.07, 6.45) is 7.49. The number of fused-ring (bicyclic) bond motifs is 2. The van der Waals surface area contributed by atoms with Crippen molar-refractivity contribution < 1.29 is 0 Å². The zero-order chi connectivity index (χ0) is 17.1. The third kappa shape index (κ3) is 3.90. The van der Waals surface area contributed by atoms with Crippen molar-refractivity contribution >= 4 is 16.5 Å². The van der Waals surface area contributed by atoms with Crippen molar-refractivity contribution in [1.82, 2.24) is 9.88 Å². The summed E-state index contributed by atoms with van der Waals surface area (Å²) in [4.78, 5) is 9.22. The van der Waals surface area contributed by atoms with Crippen LogP contribution in [0, 0.1) is 5.92 Å². The van der Waals surface area contributed by atoms with E-state index in [-0.39, 0.29) is 0 Å². The quantitative estimate of drug-likeness (QED) is 0.833. The fourth-order valence-electron chi connectivity index (χ4n) is 4.49. The van der Waals surface area contributed by atoms with Crippen molar-refractivity contribution in [3.05, 3.63) is 46.5 Å². The Morgan fingerprint density at radius 1 is 1.24 bits per heavy atom. The Balaban J connectivity index is 1.38. The summed E-state index contributed by atoms with van der Waals surface area (Å²) in [5.41, 5.74) is 2.77. The molecule has 1 aromatic heterocycles. The van der Waals surface area contributed by atoms with Gasteiger partial charge in [-0.2, -0.15) is 0 Å². The van der Waals surface area contributed by atoms with Gasteiger partial charge in [-0.05, 0) is 63.1 Å². The Kier molecular flexibility index (Phi) is 5.37. The minimum Gasteiger partial charge on any atom is -0.361 e. The van der Waals surface area contributed by atoms with Gasteiger partial charge in [0.1, 0.15) is 0 Å². The molecule has 25 heavy (non-hydrogen) atoms. The lowest BCUT2D eigenvalue weighted by Gasteiger charge is -2.43. The average molecular weight is 356 g/mol. The molecule has 1 aliphatic heterocycles. The first-order valence-electron chi connectivity index (χ1n) is 9.84. The number of aromatic nitrogens is 1. The number of likely N-dealkylation sites (tertiary alicyclic amines) is 1. The third-order valence-electron chi connectivity index (χ3n) is 5.71. The van der Waals surface area contributed by atoms with Crippen LogP contribution < -0.4 is 5.32 Å². The molecule has 1 aromatic carbocycles. The molecule has 2 atom stereocenters. The van der Waals surface area contributed by atoms with Crippen LogP contribution in [0.25, 0.3) is 0 Å². The highest BCUT2D eigenvalue weighted by molar-refractivity contribution is 7.15. The van der Waals surface area contributed by atoms with E-state index in [1.807, 2.05) is 11.3 Å². The lowest BCUT2D eigenvalue weighted by atomic mass is 9.79. The molecule has 4 rings (SSSR count). The van der Waals surface area contributed by atoms with E-state index >= 15 is 0 Å². The van der Waals surface area contributed by atoms with Gasteiger partial charge in [0.25, 0.3) is 0 Å². The Bertz CT molecular complexity index is 680. The minimum atomic E-state index is 0.763. The number of rotatable bonds is 6. The Morgan fingerprint density at radius 3 is 2.96 bits per heavy atom. The van der Waals surface area contributed by atoms with Gasteiger partial charge in [-0.1, -0.05) is 37.3 Å². The molecule has 1 fully saturated rings. The first kappa shape index (κ1) is 17.0. The molecule has 3 nitrogen and oxygen atoms in total. The zero-order valence-corrected chi connectivity index (χ0v) is 16.0. The number of anilines is 1. The molecule has 0 unspecified atom stereocenters. The first-order chi connectivity index (χ1) is 12.3. The minimum absolute atomic E-state index is 0.763. The zero-order valence-electron chi connectivity index (χ0n) is 15.2. The molecule has 0 radical (unpaired) electrons. The van der Waals surface area contributed by atoms with Crippen molar-refractivity contribution in [2.45, 2.75) is 51.5 Å². The summed E-state index contributed by atoms with van der Waals surface area (Å²) in [5, 5.41) is 4.69. The van der Waals surface area contributed by atoms with Gasteiger partial charge < -0.3 is 5.32 Å². The van der Waals surface area contributed by atoms with E-state index in [9.17, 15) is 0 Å². The molecule has 0 spiro atoms. The second-order valence-electron chi connectivity index (χ2n) is 7.47. The molecular weight excluding hydrogens is 326 g/mol. The van der Waals surface area contributed by atoms with Crippen LogP contribution in [-0.4, -0.2) is 35.6 Å². The predicted octanol–water partition coefficient (Wildman–Crippen LogP) is 4.39. The monoisotopic (exact) mass is 355 g/mol. The summed E-state index contributed by atoms with van der Waals surface area (Å²) < 4.78 is 0. The van der Waals surface area contributed by atoms with Gasteiger partial charge in [0.05, 0.1) is 5.69 Å². The molecule has 0 saturated carbocycles. The summed E-state index contributed by atoms with van der Waals surface area (Å²) >= 11 is 1.90. The van der Waals surface area contributed by atoms with E-state index in [1.165, 1.54) is 61.3 Å². The summed E-state index contributed by atoms with van der Waals surface area (Å²) in [6, 6.07) is 11.5. The van der Waals surface area contributed by atoms with Gasteiger partial charge in [0.2, 0.25) is 0 Å². The van der Waals surface area contributed by atoms with Crippen LogP contribution in [0.2, 0.25) is 0 Å². The van der Waals surface area contributed by atoms with Crippen LogP contribution in [0.4, 0.5) is 5.13 Å². The fourth-order valence-corrected chi connectivity index (χ4v) is 5.55. The maximum absolute atomic E-state index is 4.93. The maximum atomic E-state index is 4.93. The standard InChI is InChI=1S/C21H29N3S/c1-2-12-24-13-6-9-17-14-18-20(15-19(17)24)25-21(23-18)22-11-10-16-7-4-3-5-8-16/h3-5,7-8,17,19H,2,6,9-15H2,1H3,(H,22,23)/t17-,19-/m0/s1. The van der Waals surface area contributed by atoms with Gasteiger partial charge in [-0.25, -0.2) is 4.98 Å². The summed E-state index contributed by atoms with van der Waals surface area (Å²) in [5.74, 6) is 0.826. The number of hydrogen-bond acceptors (Lipinski definition) is 4. The molecule has 0 bridgehead atoms. The molecule has 2 heterocycles. The van der Waals surface area contributed by atoms with Gasteiger partial charge in [-0.15, -0.1) is 11.3 Å². The highest BCUT2D eigenvalue weighted by Gasteiger charge is 2.36. The number of benzene rings is 1. The lowest BCUT2D eigenvalue weighted by molar-refractivity contribution is 0.0857. The third-order valence-corrected chi connectivity index (χ3v) is 6.78. The molecule has 1 N–H and O–H groups in total. The van der Waals surface area contributed by atoms with E-state index < -0.39 is 0 Å². The van der Waals surface area contributed by atoms with Crippen LogP contribution in [0.1, 0.15) is 42.3 Å². The molecule has 134 valence electrons. The van der Waals surface area contributed by atoms with E-state index in [2.05, 4.69) is 47.5 Å². The van der Waals surface area contributed by atoms with E-state index in [0.717, 1.165) is 30.1 Å². The molecule has 1 aliphatic carbocycles. The van der Waals surface area contributed by atoms with Crippen molar-refractivity contribution in [3.8, 4) is 0 Å². The van der Waals surface area contributed by atoms with Crippen LogP contribution >= 0.6 is 11.3 Å². The SMILES string of the molecule is CCCN1CCC[C@H]2Cc3nc(NCCc4ccccc4)sc3C[C@@H]21. The second-order valence-corrected chi connectivity index (χ2v) is 8.55. The van der Waals surface area contributed by atoms with E-state index in [0.29, 0.717) is 0 Å². The molecule has 1 saturated heterocycles. The summed E-state index contributed by atoms with van der Waals surface area (Å²) in [6.45, 7) is 5.83. The van der Waals surface area contributed by atoms with Crippen molar-refractivity contribution in [2.75, 3.05) is 25.0 Å². The molecule has 2 aliphatic rings. The van der Waals surface area contributed by atoms with Gasteiger partial charge in [0, 0.05) is 17.5 Å². The van der Waals surface area contributed by atoms with Crippen LogP contribution in [0.3, 0.4) is 0 Å². The Morgan fingerprint density at radius 2 is 2.12 bits per heavy atom. The highest BCUT2D eigenvalue weighted by atomic mass is 32.1. The number of thiazole rings is 1. The molecule has 0 amide bonds. The van der Waals surface area contributed by atoms with Crippen molar-refractivity contribution in [2.24, 2.45) is 5.92 Å². The first-order valence-corrected chi connectivity index (χ1v) is 10.7. The average Bonchev–Trinajstić information content (AvgIpc) is 3.03. The summed E-state index contributed by atoms with van der Waals surface area (Å²) in [7, 11) is 0. The van der Waals surface area contributed by atoms with E-state index in [4.69, 9.17) is 4.98 Å².